The van der Waals surface area contributed by atoms with Crippen LogP contribution in [0, 0.1) is 5.92 Å². The summed E-state index contributed by atoms with van der Waals surface area (Å²) in [4.78, 5) is 34.9. The lowest BCUT2D eigenvalue weighted by Gasteiger charge is -2.32. The highest BCUT2D eigenvalue weighted by molar-refractivity contribution is 5.96. The molecule has 33 heavy (non-hydrogen) atoms. The van der Waals surface area contributed by atoms with Gasteiger partial charge in [-0.05, 0) is 43.9 Å². The molecule has 2 aliphatic heterocycles. The van der Waals surface area contributed by atoms with Gasteiger partial charge in [0.2, 0.25) is 5.95 Å². The zero-order chi connectivity index (χ0) is 22.8. The van der Waals surface area contributed by atoms with Crippen LogP contribution in [0.4, 0.5) is 23.1 Å². The summed E-state index contributed by atoms with van der Waals surface area (Å²) in [6.45, 7) is 3.77. The molecule has 0 radical (unpaired) electrons. The molecule has 3 aromatic rings. The van der Waals surface area contributed by atoms with Crippen molar-refractivity contribution in [2.75, 3.05) is 41.8 Å². The number of carbonyl (C=O) groups is 2. The number of esters is 1. The second kappa shape index (κ2) is 8.97. The van der Waals surface area contributed by atoms with Gasteiger partial charge in [0.05, 0.1) is 18.6 Å². The van der Waals surface area contributed by atoms with Gasteiger partial charge in [-0.3, -0.25) is 9.59 Å². The minimum atomic E-state index is -0.190. The third-order valence-corrected chi connectivity index (χ3v) is 5.83. The number of anilines is 4. The molecule has 2 N–H and O–H groups in total. The van der Waals surface area contributed by atoms with Crippen molar-refractivity contribution in [3.63, 3.8) is 0 Å². The van der Waals surface area contributed by atoms with Crippen molar-refractivity contribution in [2.24, 2.45) is 5.92 Å². The lowest BCUT2D eigenvalue weighted by Crippen LogP contribution is -2.35. The molecule has 10 nitrogen and oxygen atoms in total. The van der Waals surface area contributed by atoms with Crippen LogP contribution in [0.3, 0.4) is 0 Å². The van der Waals surface area contributed by atoms with Crippen LogP contribution < -0.4 is 20.3 Å². The lowest BCUT2D eigenvalue weighted by atomic mass is 9.93. The van der Waals surface area contributed by atoms with Crippen LogP contribution in [-0.4, -0.2) is 48.1 Å². The summed E-state index contributed by atoms with van der Waals surface area (Å²) >= 11 is 0. The van der Waals surface area contributed by atoms with Crippen LogP contribution in [0.15, 0.2) is 34.9 Å². The Kier molecular flexibility index (Phi) is 5.72. The highest BCUT2D eigenvalue weighted by atomic mass is 16.5. The van der Waals surface area contributed by atoms with Gasteiger partial charge in [-0.2, -0.15) is 4.98 Å². The molecule has 1 amide bonds. The van der Waals surface area contributed by atoms with Crippen LogP contribution >= 0.6 is 0 Å². The number of benzene rings is 1. The third-order valence-electron chi connectivity index (χ3n) is 5.83. The number of hydrogen-bond donors (Lipinski definition) is 2. The van der Waals surface area contributed by atoms with Crippen LogP contribution in [0.1, 0.15) is 26.2 Å². The van der Waals surface area contributed by atoms with Gasteiger partial charge in [0.25, 0.3) is 5.91 Å². The number of carbonyl (C=O) groups excluding carboxylic acids is 2. The molecule has 0 spiro atoms. The van der Waals surface area contributed by atoms with Crippen LogP contribution in [0.2, 0.25) is 0 Å². The van der Waals surface area contributed by atoms with E-state index in [0.29, 0.717) is 47.4 Å². The summed E-state index contributed by atoms with van der Waals surface area (Å²) in [5, 5.41) is 6.02. The average Bonchev–Trinajstić information content (AvgIpc) is 3.28. The number of rotatable bonds is 6. The van der Waals surface area contributed by atoms with Gasteiger partial charge >= 0.3 is 5.97 Å². The molecule has 10 heteroatoms. The van der Waals surface area contributed by atoms with Gasteiger partial charge in [-0.15, -0.1) is 0 Å². The van der Waals surface area contributed by atoms with E-state index in [4.69, 9.17) is 18.9 Å². The standard InChI is InChI=1S/C23H25N5O5/c1-2-31-20(30)11-14-5-8-28(9-6-14)22-21-16(7-10-32-21)26-23(27-22)24-15-3-4-18-17(12-15)25-19(29)13-33-18/h3-4,7,10,12,14H,2,5-6,8-9,11,13H2,1H3,(H,25,29)(H,24,26,27). The summed E-state index contributed by atoms with van der Waals surface area (Å²) in [5.41, 5.74) is 2.66. The molecule has 0 unspecified atom stereocenters. The molecule has 2 aliphatic rings. The number of piperidine rings is 1. The number of nitrogens with zero attached hydrogens (tertiary/aromatic N) is 3. The Bertz CT molecular complexity index is 1190. The molecular weight excluding hydrogens is 426 g/mol. The van der Waals surface area contributed by atoms with E-state index in [2.05, 4.69) is 20.5 Å². The molecule has 0 bridgehead atoms. The van der Waals surface area contributed by atoms with Crippen molar-refractivity contribution < 1.29 is 23.5 Å². The fraction of sp³-hybridized carbons (Fsp3) is 0.391. The molecule has 2 aromatic heterocycles. The van der Waals surface area contributed by atoms with E-state index in [0.717, 1.165) is 37.4 Å². The van der Waals surface area contributed by atoms with E-state index in [1.807, 2.05) is 13.0 Å². The summed E-state index contributed by atoms with van der Waals surface area (Å²) in [7, 11) is 0. The van der Waals surface area contributed by atoms with Crippen LogP contribution in [-0.2, 0) is 14.3 Å². The van der Waals surface area contributed by atoms with Crippen molar-refractivity contribution >= 4 is 46.1 Å². The largest absolute Gasteiger partial charge is 0.482 e. The van der Waals surface area contributed by atoms with Crippen molar-refractivity contribution in [1.82, 2.24) is 9.97 Å². The maximum atomic E-state index is 11.8. The lowest BCUT2D eigenvalue weighted by molar-refractivity contribution is -0.144. The molecule has 0 aliphatic carbocycles. The molecule has 0 atom stereocenters. The normalized spacial score (nSPS) is 16.2. The van der Waals surface area contributed by atoms with E-state index >= 15 is 0 Å². The van der Waals surface area contributed by atoms with E-state index in [1.165, 1.54) is 0 Å². The average molecular weight is 451 g/mol. The first-order chi connectivity index (χ1) is 16.1. The zero-order valence-electron chi connectivity index (χ0n) is 18.3. The van der Waals surface area contributed by atoms with Gasteiger partial charge in [0.15, 0.2) is 18.0 Å². The number of furan rings is 1. The summed E-state index contributed by atoms with van der Waals surface area (Å²) in [6.07, 6.45) is 3.80. The topological polar surface area (TPSA) is 119 Å². The van der Waals surface area contributed by atoms with Gasteiger partial charge in [0, 0.05) is 31.3 Å². The Balaban J connectivity index is 1.34. The number of fused-ring (bicyclic) bond motifs is 2. The quantitative estimate of drug-likeness (QED) is 0.543. The van der Waals surface area contributed by atoms with E-state index in [-0.39, 0.29) is 18.5 Å². The third kappa shape index (κ3) is 4.55. The van der Waals surface area contributed by atoms with Crippen LogP contribution in [0.5, 0.6) is 5.75 Å². The summed E-state index contributed by atoms with van der Waals surface area (Å²) in [6, 6.07) is 7.23. The smallest absolute Gasteiger partial charge is 0.306 e. The maximum absolute atomic E-state index is 11.8. The number of ether oxygens (including phenoxy) is 2. The predicted octanol–water partition coefficient (Wildman–Crippen LogP) is 3.47. The molecule has 5 rings (SSSR count). The van der Waals surface area contributed by atoms with E-state index in [9.17, 15) is 9.59 Å². The molecule has 1 aromatic carbocycles. The Labute approximate surface area is 190 Å². The van der Waals surface area contributed by atoms with Gasteiger partial charge in [0.1, 0.15) is 11.3 Å². The Morgan fingerprint density at radius 3 is 2.94 bits per heavy atom. The maximum Gasteiger partial charge on any atom is 0.306 e. The van der Waals surface area contributed by atoms with Crippen molar-refractivity contribution in [2.45, 2.75) is 26.2 Å². The Morgan fingerprint density at radius 1 is 1.27 bits per heavy atom. The second-order valence-electron chi connectivity index (χ2n) is 8.12. The number of hydrogen-bond acceptors (Lipinski definition) is 9. The fourth-order valence-corrected chi connectivity index (χ4v) is 4.21. The van der Waals surface area contributed by atoms with Gasteiger partial charge in [-0.1, -0.05) is 0 Å². The van der Waals surface area contributed by atoms with Crippen molar-refractivity contribution in [1.29, 1.82) is 0 Å². The minimum Gasteiger partial charge on any atom is -0.482 e. The summed E-state index contributed by atoms with van der Waals surface area (Å²) < 4.78 is 16.2. The minimum absolute atomic E-state index is 0.0138. The number of aromatic nitrogens is 2. The number of amides is 1. The molecule has 172 valence electrons. The first kappa shape index (κ1) is 21.0. The van der Waals surface area contributed by atoms with Crippen molar-refractivity contribution in [3.05, 3.63) is 30.5 Å². The molecule has 1 saturated heterocycles. The number of nitrogens with one attached hydrogen (secondary N) is 2. The predicted molar refractivity (Wildman–Crippen MR) is 122 cm³/mol. The SMILES string of the molecule is CCOC(=O)CC1CCN(c2nc(Nc3ccc4c(c3)NC(=O)CO4)nc3ccoc23)CC1. The molecule has 4 heterocycles. The highest BCUT2D eigenvalue weighted by Gasteiger charge is 2.26. The zero-order valence-corrected chi connectivity index (χ0v) is 18.3. The molecular formula is C23H25N5O5. The Hall–Kier alpha value is -3.82. The summed E-state index contributed by atoms with van der Waals surface area (Å²) in [5.74, 6) is 1.75. The van der Waals surface area contributed by atoms with Crippen molar-refractivity contribution in [3.8, 4) is 5.75 Å². The Morgan fingerprint density at radius 2 is 2.12 bits per heavy atom. The first-order valence-corrected chi connectivity index (χ1v) is 11.1. The van der Waals surface area contributed by atoms with E-state index in [1.54, 1.807) is 24.5 Å². The fourth-order valence-electron chi connectivity index (χ4n) is 4.21. The highest BCUT2D eigenvalue weighted by Crippen LogP contribution is 2.34. The second-order valence-corrected chi connectivity index (χ2v) is 8.12. The van der Waals surface area contributed by atoms with Gasteiger partial charge < -0.3 is 29.4 Å². The molecule has 0 saturated carbocycles. The van der Waals surface area contributed by atoms with E-state index < -0.39 is 0 Å². The monoisotopic (exact) mass is 451 g/mol. The molecule has 1 fully saturated rings. The first-order valence-electron chi connectivity index (χ1n) is 11.1. The van der Waals surface area contributed by atoms with Crippen LogP contribution in [0.25, 0.3) is 11.1 Å². The van der Waals surface area contributed by atoms with Gasteiger partial charge in [-0.25, -0.2) is 4.98 Å².